The summed E-state index contributed by atoms with van der Waals surface area (Å²) in [5, 5.41) is 7.70. The van der Waals surface area contributed by atoms with E-state index in [2.05, 4.69) is 38.8 Å². The van der Waals surface area contributed by atoms with Crippen LogP contribution >= 0.6 is 0 Å². The Bertz CT molecular complexity index is 889. The molecular formula is C21H24N4O2. The zero-order chi connectivity index (χ0) is 18.9. The number of para-hydroxylation sites is 1. The second kappa shape index (κ2) is 9.43. The molecule has 0 amide bonds. The lowest BCUT2D eigenvalue weighted by Gasteiger charge is -2.13. The van der Waals surface area contributed by atoms with Crippen LogP contribution < -0.4 is 20.1 Å². The van der Waals surface area contributed by atoms with E-state index >= 15 is 0 Å². The SMILES string of the molecule is CN=C(NCCOc1ccc(OC)cc1)NCc1cccc2cccnc12. The Morgan fingerprint density at radius 1 is 1.00 bits per heavy atom. The van der Waals surface area contributed by atoms with Crippen molar-refractivity contribution in [2.75, 3.05) is 27.3 Å². The first-order chi connectivity index (χ1) is 13.3. The summed E-state index contributed by atoms with van der Waals surface area (Å²) in [6, 6.07) is 17.7. The molecule has 2 N–H and O–H groups in total. The Morgan fingerprint density at radius 2 is 1.78 bits per heavy atom. The molecule has 0 aliphatic rings. The van der Waals surface area contributed by atoms with Gasteiger partial charge in [-0.3, -0.25) is 9.98 Å². The van der Waals surface area contributed by atoms with Crippen LogP contribution in [0.15, 0.2) is 65.8 Å². The Balaban J connectivity index is 1.46. The van der Waals surface area contributed by atoms with Crippen molar-refractivity contribution in [1.29, 1.82) is 0 Å². The number of nitrogens with zero attached hydrogens (tertiary/aromatic N) is 2. The van der Waals surface area contributed by atoms with E-state index in [0.29, 0.717) is 19.7 Å². The number of hydrogen-bond donors (Lipinski definition) is 2. The first-order valence-electron chi connectivity index (χ1n) is 8.84. The van der Waals surface area contributed by atoms with Crippen molar-refractivity contribution in [3.8, 4) is 11.5 Å². The third-order valence-corrected chi connectivity index (χ3v) is 4.11. The summed E-state index contributed by atoms with van der Waals surface area (Å²) < 4.78 is 10.8. The number of pyridine rings is 1. The van der Waals surface area contributed by atoms with Crippen LogP contribution in [0.1, 0.15) is 5.56 Å². The lowest BCUT2D eigenvalue weighted by atomic mass is 10.1. The van der Waals surface area contributed by atoms with Crippen molar-refractivity contribution in [2.24, 2.45) is 4.99 Å². The van der Waals surface area contributed by atoms with Gasteiger partial charge in [-0.15, -0.1) is 0 Å². The molecule has 0 bridgehead atoms. The number of aliphatic imine (C=N–C) groups is 1. The molecule has 140 valence electrons. The molecule has 2 aromatic carbocycles. The van der Waals surface area contributed by atoms with Crippen LogP contribution in [0.3, 0.4) is 0 Å². The summed E-state index contributed by atoms with van der Waals surface area (Å²) in [4.78, 5) is 8.73. The van der Waals surface area contributed by atoms with Crippen molar-refractivity contribution in [3.05, 3.63) is 66.4 Å². The molecule has 27 heavy (non-hydrogen) atoms. The number of methoxy groups -OCH3 is 1. The van der Waals surface area contributed by atoms with Gasteiger partial charge in [0, 0.05) is 25.2 Å². The predicted octanol–water partition coefficient (Wildman–Crippen LogP) is 2.99. The van der Waals surface area contributed by atoms with Crippen molar-refractivity contribution < 1.29 is 9.47 Å². The average Bonchev–Trinajstić information content (AvgIpc) is 2.73. The third-order valence-electron chi connectivity index (χ3n) is 4.11. The summed E-state index contributed by atoms with van der Waals surface area (Å²) in [6.45, 7) is 1.82. The van der Waals surface area contributed by atoms with Gasteiger partial charge in [0.25, 0.3) is 0 Å². The highest BCUT2D eigenvalue weighted by Gasteiger charge is 2.03. The number of rotatable bonds is 7. The number of guanidine groups is 1. The highest BCUT2D eigenvalue weighted by molar-refractivity contribution is 5.83. The van der Waals surface area contributed by atoms with Gasteiger partial charge >= 0.3 is 0 Å². The molecular weight excluding hydrogens is 340 g/mol. The first kappa shape index (κ1) is 18.5. The predicted molar refractivity (Wildman–Crippen MR) is 108 cm³/mol. The highest BCUT2D eigenvalue weighted by atomic mass is 16.5. The number of fused-ring (bicyclic) bond motifs is 1. The van der Waals surface area contributed by atoms with E-state index in [9.17, 15) is 0 Å². The van der Waals surface area contributed by atoms with E-state index in [0.717, 1.165) is 33.9 Å². The molecule has 0 aliphatic heterocycles. The maximum Gasteiger partial charge on any atom is 0.191 e. The van der Waals surface area contributed by atoms with Crippen LogP contribution in [0, 0.1) is 0 Å². The van der Waals surface area contributed by atoms with Gasteiger partial charge in [-0.1, -0.05) is 24.3 Å². The minimum atomic E-state index is 0.531. The fraction of sp³-hybridized carbons (Fsp3) is 0.238. The van der Waals surface area contributed by atoms with Crippen LogP contribution in [-0.4, -0.2) is 38.3 Å². The van der Waals surface area contributed by atoms with Crippen LogP contribution in [0.4, 0.5) is 0 Å². The smallest absolute Gasteiger partial charge is 0.191 e. The van der Waals surface area contributed by atoms with Gasteiger partial charge in [0.15, 0.2) is 5.96 Å². The van der Waals surface area contributed by atoms with Gasteiger partial charge in [0.05, 0.1) is 19.2 Å². The fourth-order valence-corrected chi connectivity index (χ4v) is 2.72. The molecule has 0 unspecified atom stereocenters. The maximum absolute atomic E-state index is 5.71. The molecule has 0 aliphatic carbocycles. The third kappa shape index (κ3) is 5.10. The molecule has 0 saturated heterocycles. The molecule has 0 fully saturated rings. The second-order valence-electron chi connectivity index (χ2n) is 5.87. The monoisotopic (exact) mass is 364 g/mol. The molecule has 1 heterocycles. The lowest BCUT2D eigenvalue weighted by molar-refractivity contribution is 0.321. The van der Waals surface area contributed by atoms with Gasteiger partial charge in [-0.25, -0.2) is 0 Å². The summed E-state index contributed by atoms with van der Waals surface area (Å²) in [7, 11) is 3.40. The zero-order valence-corrected chi connectivity index (χ0v) is 15.6. The summed E-state index contributed by atoms with van der Waals surface area (Å²) in [5.74, 6) is 2.34. The number of benzene rings is 2. The minimum absolute atomic E-state index is 0.531. The van der Waals surface area contributed by atoms with E-state index < -0.39 is 0 Å². The van der Waals surface area contributed by atoms with E-state index in [-0.39, 0.29) is 0 Å². The normalized spacial score (nSPS) is 11.3. The quantitative estimate of drug-likeness (QED) is 0.383. The van der Waals surface area contributed by atoms with Gasteiger partial charge in [-0.2, -0.15) is 0 Å². The van der Waals surface area contributed by atoms with E-state index in [1.54, 1.807) is 14.2 Å². The minimum Gasteiger partial charge on any atom is -0.497 e. The van der Waals surface area contributed by atoms with Crippen molar-refractivity contribution >= 4 is 16.9 Å². The van der Waals surface area contributed by atoms with E-state index in [4.69, 9.17) is 9.47 Å². The van der Waals surface area contributed by atoms with Gasteiger partial charge in [0.2, 0.25) is 0 Å². The number of hydrogen-bond acceptors (Lipinski definition) is 4. The molecule has 1 aromatic heterocycles. The van der Waals surface area contributed by atoms with Crippen LogP contribution in [0.5, 0.6) is 11.5 Å². The molecule has 3 rings (SSSR count). The molecule has 0 spiro atoms. The standard InChI is InChI=1S/C21H24N4O2/c1-22-21(24-13-14-27-19-10-8-18(26-2)9-11-19)25-15-17-6-3-5-16-7-4-12-23-20(16)17/h3-12H,13-15H2,1-2H3,(H2,22,24,25). The van der Waals surface area contributed by atoms with Gasteiger partial charge in [0.1, 0.15) is 18.1 Å². The highest BCUT2D eigenvalue weighted by Crippen LogP contribution is 2.17. The first-order valence-corrected chi connectivity index (χ1v) is 8.84. The van der Waals surface area contributed by atoms with Crippen molar-refractivity contribution in [3.63, 3.8) is 0 Å². The number of ether oxygens (including phenoxy) is 2. The fourth-order valence-electron chi connectivity index (χ4n) is 2.72. The molecule has 6 nitrogen and oxygen atoms in total. The second-order valence-corrected chi connectivity index (χ2v) is 5.87. The Morgan fingerprint density at radius 3 is 2.56 bits per heavy atom. The average molecular weight is 364 g/mol. The van der Waals surface area contributed by atoms with Gasteiger partial charge in [-0.05, 0) is 35.9 Å². The zero-order valence-electron chi connectivity index (χ0n) is 15.6. The lowest BCUT2D eigenvalue weighted by Crippen LogP contribution is -2.38. The summed E-state index contributed by atoms with van der Waals surface area (Å²) >= 11 is 0. The van der Waals surface area contributed by atoms with Crippen molar-refractivity contribution in [2.45, 2.75) is 6.54 Å². The Labute approximate surface area is 159 Å². The number of aromatic nitrogens is 1. The molecule has 6 heteroatoms. The largest absolute Gasteiger partial charge is 0.497 e. The molecule has 3 aromatic rings. The number of nitrogens with one attached hydrogen (secondary N) is 2. The summed E-state index contributed by atoms with van der Waals surface area (Å²) in [6.07, 6.45) is 1.81. The van der Waals surface area contributed by atoms with Crippen molar-refractivity contribution in [1.82, 2.24) is 15.6 Å². The topological polar surface area (TPSA) is 67.8 Å². The molecule has 0 atom stereocenters. The van der Waals surface area contributed by atoms with Crippen LogP contribution in [0.2, 0.25) is 0 Å². The maximum atomic E-state index is 5.71. The summed E-state index contributed by atoms with van der Waals surface area (Å²) in [5.41, 5.74) is 2.14. The van der Waals surface area contributed by atoms with Crippen LogP contribution in [0.25, 0.3) is 10.9 Å². The van der Waals surface area contributed by atoms with Crippen LogP contribution in [-0.2, 0) is 6.54 Å². The molecule has 0 saturated carbocycles. The Kier molecular flexibility index (Phi) is 6.46. The molecule has 0 radical (unpaired) electrons. The van der Waals surface area contributed by atoms with E-state index in [1.165, 1.54) is 0 Å². The van der Waals surface area contributed by atoms with Gasteiger partial charge < -0.3 is 20.1 Å². The van der Waals surface area contributed by atoms with E-state index in [1.807, 2.05) is 42.6 Å². The Hall–Kier alpha value is -3.28.